The lowest BCUT2D eigenvalue weighted by Gasteiger charge is -2.36. The molecule has 0 spiro atoms. The number of rotatable bonds is 8. The molecule has 0 radical (unpaired) electrons. The molecule has 0 saturated carbocycles. The zero-order valence-electron chi connectivity index (χ0n) is 22.0. The van der Waals surface area contributed by atoms with Gasteiger partial charge >= 0.3 is 6.03 Å². The zero-order chi connectivity index (χ0) is 28.1. The van der Waals surface area contributed by atoms with Gasteiger partial charge in [0.05, 0.1) is 12.1 Å². The molecule has 0 aliphatic carbocycles. The van der Waals surface area contributed by atoms with Crippen molar-refractivity contribution in [2.45, 2.75) is 50.2 Å². The molecule has 5 rings (SSSR count). The quantitative estimate of drug-likeness (QED) is 0.208. The van der Waals surface area contributed by atoms with Gasteiger partial charge in [0.15, 0.2) is 0 Å². The second kappa shape index (κ2) is 13.5. The molecule has 40 heavy (non-hydrogen) atoms. The molecule has 1 saturated heterocycles. The number of aliphatic hydroxyl groups excluding tert-OH is 2. The number of nitrogens with zero attached hydrogens (tertiary/aromatic N) is 2. The van der Waals surface area contributed by atoms with Gasteiger partial charge < -0.3 is 20.0 Å². The number of carbonyl (C=O) groups excluding carboxylic acids is 1. The third kappa shape index (κ3) is 7.05. The molecule has 1 aliphatic rings. The van der Waals surface area contributed by atoms with Crippen LogP contribution in [0, 0.1) is 7.14 Å². The smallest absolute Gasteiger partial charge is 0.321 e. The standard InChI is InChI=1S/C33H32I2N2O3/c34-27-15-7-13-25(17-27)21-36-29(19-23-9-3-1-4-10-23)31(38)32(39)30(20-24-11-5-2-6-12-24)37(33(36)40)22-26-14-8-16-28(35)18-26/h1-18,29-32,38-39H,19-22H2/t29-,30-,31+,32+/m1/s1. The molecule has 5 nitrogen and oxygen atoms in total. The highest BCUT2D eigenvalue weighted by molar-refractivity contribution is 14.1. The largest absolute Gasteiger partial charge is 0.388 e. The average Bonchev–Trinajstić information content (AvgIpc) is 3.02. The van der Waals surface area contributed by atoms with Crippen LogP contribution in [0.15, 0.2) is 109 Å². The number of urea groups is 1. The highest BCUT2D eigenvalue weighted by atomic mass is 127. The monoisotopic (exact) mass is 758 g/mol. The Bertz CT molecular complexity index is 1310. The summed E-state index contributed by atoms with van der Waals surface area (Å²) in [5, 5.41) is 23.6. The maximum Gasteiger partial charge on any atom is 0.321 e. The number of aliphatic hydroxyl groups is 2. The van der Waals surface area contributed by atoms with Crippen molar-refractivity contribution < 1.29 is 15.0 Å². The van der Waals surface area contributed by atoms with Gasteiger partial charge in [0.2, 0.25) is 0 Å². The van der Waals surface area contributed by atoms with Gasteiger partial charge in [-0.3, -0.25) is 0 Å². The zero-order valence-corrected chi connectivity index (χ0v) is 26.3. The fraction of sp³-hybridized carbons (Fsp3) is 0.242. The first-order chi connectivity index (χ1) is 19.4. The van der Waals surface area contributed by atoms with Gasteiger partial charge in [-0.15, -0.1) is 0 Å². The van der Waals surface area contributed by atoms with Crippen LogP contribution < -0.4 is 0 Å². The number of hydrogen-bond donors (Lipinski definition) is 2. The summed E-state index contributed by atoms with van der Waals surface area (Å²) < 4.78 is 2.16. The Kier molecular flexibility index (Phi) is 9.77. The van der Waals surface area contributed by atoms with E-state index in [-0.39, 0.29) is 6.03 Å². The van der Waals surface area contributed by atoms with Gasteiger partial charge in [0, 0.05) is 20.2 Å². The topological polar surface area (TPSA) is 64.0 Å². The van der Waals surface area contributed by atoms with E-state index in [1.54, 1.807) is 9.80 Å². The molecule has 0 bridgehead atoms. The Labute approximate surface area is 263 Å². The van der Waals surface area contributed by atoms with E-state index in [0.29, 0.717) is 25.9 Å². The maximum absolute atomic E-state index is 14.6. The van der Waals surface area contributed by atoms with Crippen LogP contribution >= 0.6 is 45.2 Å². The molecule has 7 heteroatoms. The highest BCUT2D eigenvalue weighted by Gasteiger charge is 2.46. The first-order valence-corrected chi connectivity index (χ1v) is 15.5. The predicted octanol–water partition coefficient (Wildman–Crippen LogP) is 6.28. The second-order valence-electron chi connectivity index (χ2n) is 10.3. The Morgan fingerprint density at radius 3 is 1.30 bits per heavy atom. The number of hydrogen-bond acceptors (Lipinski definition) is 3. The van der Waals surface area contributed by atoms with Crippen molar-refractivity contribution in [2.75, 3.05) is 0 Å². The van der Waals surface area contributed by atoms with E-state index >= 15 is 0 Å². The lowest BCUT2D eigenvalue weighted by Crippen LogP contribution is -2.50. The summed E-state index contributed by atoms with van der Waals surface area (Å²) in [7, 11) is 0. The molecule has 4 atom stereocenters. The minimum absolute atomic E-state index is 0.185. The molecule has 2 N–H and O–H groups in total. The molecule has 0 unspecified atom stereocenters. The van der Waals surface area contributed by atoms with Crippen molar-refractivity contribution in [3.63, 3.8) is 0 Å². The maximum atomic E-state index is 14.6. The highest BCUT2D eigenvalue weighted by Crippen LogP contribution is 2.30. The normalized spacial score (nSPS) is 21.4. The summed E-state index contributed by atoms with van der Waals surface area (Å²) in [6.07, 6.45) is -1.41. The van der Waals surface area contributed by atoms with E-state index < -0.39 is 24.3 Å². The minimum atomic E-state index is -1.14. The van der Waals surface area contributed by atoms with E-state index in [4.69, 9.17) is 0 Å². The lowest BCUT2D eigenvalue weighted by molar-refractivity contribution is -0.0408. The van der Waals surface area contributed by atoms with E-state index in [2.05, 4.69) is 57.3 Å². The third-order valence-electron chi connectivity index (χ3n) is 7.49. The van der Waals surface area contributed by atoms with Crippen molar-refractivity contribution in [2.24, 2.45) is 0 Å². The van der Waals surface area contributed by atoms with Crippen LogP contribution in [0.1, 0.15) is 22.3 Å². The fourth-order valence-corrected chi connectivity index (χ4v) is 6.69. The molecule has 4 aromatic rings. The molecule has 4 aromatic carbocycles. The summed E-state index contributed by atoms with van der Waals surface area (Å²) >= 11 is 4.56. The van der Waals surface area contributed by atoms with Gasteiger partial charge in [-0.25, -0.2) is 4.79 Å². The summed E-state index contributed by atoms with van der Waals surface area (Å²) in [5.74, 6) is 0. The molecular weight excluding hydrogens is 726 g/mol. The summed E-state index contributed by atoms with van der Waals surface area (Å²) in [6.45, 7) is 0.662. The number of halogens is 2. The predicted molar refractivity (Wildman–Crippen MR) is 175 cm³/mol. The molecule has 0 aromatic heterocycles. The Morgan fingerprint density at radius 1 is 0.550 bits per heavy atom. The van der Waals surface area contributed by atoms with Crippen LogP contribution in [0.5, 0.6) is 0 Å². The van der Waals surface area contributed by atoms with Crippen LogP contribution in [0.25, 0.3) is 0 Å². The number of carbonyl (C=O) groups is 1. The van der Waals surface area contributed by atoms with Crippen LogP contribution in [0.3, 0.4) is 0 Å². The molecular formula is C33H32I2N2O3. The van der Waals surface area contributed by atoms with Crippen molar-refractivity contribution in [1.82, 2.24) is 9.80 Å². The first kappa shape index (κ1) is 29.0. The molecule has 206 valence electrons. The fourth-order valence-electron chi connectivity index (χ4n) is 5.48. The summed E-state index contributed by atoms with van der Waals surface area (Å²) in [6, 6.07) is 34.5. The van der Waals surface area contributed by atoms with E-state index in [1.807, 2.05) is 97.1 Å². The van der Waals surface area contributed by atoms with Gasteiger partial charge in [0.25, 0.3) is 0 Å². The average molecular weight is 758 g/mol. The van der Waals surface area contributed by atoms with Crippen molar-refractivity contribution >= 4 is 51.2 Å². The summed E-state index contributed by atoms with van der Waals surface area (Å²) in [4.78, 5) is 18.2. The Hall–Kier alpha value is -2.47. The Morgan fingerprint density at radius 2 is 0.925 bits per heavy atom. The van der Waals surface area contributed by atoms with E-state index in [9.17, 15) is 15.0 Å². The molecule has 1 aliphatic heterocycles. The molecule has 1 fully saturated rings. The lowest BCUT2D eigenvalue weighted by atomic mass is 9.91. The molecule has 1 heterocycles. The van der Waals surface area contributed by atoms with Gasteiger partial charge in [-0.05, 0) is 105 Å². The van der Waals surface area contributed by atoms with Gasteiger partial charge in [-0.1, -0.05) is 84.9 Å². The van der Waals surface area contributed by atoms with Crippen LogP contribution in [0.2, 0.25) is 0 Å². The minimum Gasteiger partial charge on any atom is -0.388 e. The van der Waals surface area contributed by atoms with Crippen LogP contribution in [-0.4, -0.2) is 50.3 Å². The number of amides is 2. The molecule has 2 amide bonds. The van der Waals surface area contributed by atoms with Crippen LogP contribution in [0.4, 0.5) is 4.79 Å². The van der Waals surface area contributed by atoms with E-state index in [0.717, 1.165) is 29.4 Å². The van der Waals surface area contributed by atoms with Gasteiger partial charge in [0.1, 0.15) is 12.2 Å². The van der Waals surface area contributed by atoms with Crippen molar-refractivity contribution in [3.05, 3.63) is 139 Å². The Balaban J connectivity index is 1.59. The van der Waals surface area contributed by atoms with E-state index in [1.165, 1.54) is 0 Å². The second-order valence-corrected chi connectivity index (χ2v) is 12.8. The number of benzene rings is 4. The first-order valence-electron chi connectivity index (χ1n) is 13.4. The third-order valence-corrected chi connectivity index (χ3v) is 8.83. The van der Waals surface area contributed by atoms with Crippen molar-refractivity contribution in [3.8, 4) is 0 Å². The van der Waals surface area contributed by atoms with Crippen molar-refractivity contribution in [1.29, 1.82) is 0 Å². The summed E-state index contributed by atoms with van der Waals surface area (Å²) in [5.41, 5.74) is 3.97. The van der Waals surface area contributed by atoms with Gasteiger partial charge in [-0.2, -0.15) is 0 Å². The van der Waals surface area contributed by atoms with Crippen LogP contribution in [-0.2, 0) is 25.9 Å². The SMILES string of the molecule is O=C1N(Cc2cccc(I)c2)[C@H](Cc2ccccc2)[C@H](O)[C@@H](O)[C@@H](Cc2ccccc2)N1Cc1cccc(I)c1.